The van der Waals surface area contributed by atoms with Crippen molar-refractivity contribution in [3.63, 3.8) is 0 Å². The minimum absolute atomic E-state index is 0.0715. The summed E-state index contributed by atoms with van der Waals surface area (Å²) in [5.74, 6) is -0.571. The molecule has 23 heavy (non-hydrogen) atoms. The molecule has 0 spiro atoms. The summed E-state index contributed by atoms with van der Waals surface area (Å²) in [6.45, 7) is 2.46. The predicted octanol–water partition coefficient (Wildman–Crippen LogP) is 0.627. The van der Waals surface area contributed by atoms with Crippen molar-refractivity contribution >= 4 is 23.1 Å². The number of carbonyl (C=O) groups is 2. The Hall–Kier alpha value is -2.34. The summed E-state index contributed by atoms with van der Waals surface area (Å²) in [5.41, 5.74) is 3.24. The first kappa shape index (κ1) is 14.3. The van der Waals surface area contributed by atoms with Crippen molar-refractivity contribution in [2.24, 2.45) is 5.92 Å². The number of nitrogens with one attached hydrogen (secondary N) is 4. The smallest absolute Gasteiger partial charge is 0.260 e. The maximum atomic E-state index is 12.6. The lowest BCUT2D eigenvalue weighted by atomic mass is 9.84. The highest BCUT2D eigenvalue weighted by atomic mass is 16.2. The molecule has 0 aliphatic carbocycles. The van der Waals surface area contributed by atoms with Crippen molar-refractivity contribution in [1.82, 2.24) is 10.6 Å². The van der Waals surface area contributed by atoms with Gasteiger partial charge in [-0.15, -0.1) is 0 Å². The molecule has 1 aromatic rings. The maximum absolute atomic E-state index is 12.6. The standard InChI is InChI=1S/C17H20N4O2/c22-16-12-8-18-5-4-14(12)20-9-13(16)17(23)21-11-2-1-10-3-6-19-15(10)7-11/h1-2,7,9,12,14,18-20H,3-6,8H2,(H,21,23). The summed E-state index contributed by atoms with van der Waals surface area (Å²) in [6, 6.07) is 5.97. The summed E-state index contributed by atoms with van der Waals surface area (Å²) < 4.78 is 0. The van der Waals surface area contributed by atoms with Crippen LogP contribution in [0.3, 0.4) is 0 Å². The quantitative estimate of drug-likeness (QED) is 0.602. The van der Waals surface area contributed by atoms with E-state index in [2.05, 4.69) is 21.3 Å². The van der Waals surface area contributed by atoms with E-state index < -0.39 is 0 Å². The second-order valence-corrected chi connectivity index (χ2v) is 6.30. The Morgan fingerprint density at radius 2 is 2.17 bits per heavy atom. The van der Waals surface area contributed by atoms with Crippen LogP contribution in [0.15, 0.2) is 30.0 Å². The third-order valence-electron chi connectivity index (χ3n) is 4.85. The van der Waals surface area contributed by atoms with Gasteiger partial charge in [-0.2, -0.15) is 0 Å². The molecule has 1 amide bonds. The Kier molecular flexibility index (Phi) is 3.53. The summed E-state index contributed by atoms with van der Waals surface area (Å²) in [4.78, 5) is 25.0. The van der Waals surface area contributed by atoms with Crippen LogP contribution in [0.4, 0.5) is 11.4 Å². The fraction of sp³-hybridized carbons (Fsp3) is 0.412. The fourth-order valence-corrected chi connectivity index (χ4v) is 3.54. The average Bonchev–Trinajstić information content (AvgIpc) is 3.03. The number of benzene rings is 1. The zero-order valence-electron chi connectivity index (χ0n) is 12.8. The minimum atomic E-state index is -0.343. The fourth-order valence-electron chi connectivity index (χ4n) is 3.54. The number of amides is 1. The Morgan fingerprint density at radius 1 is 1.26 bits per heavy atom. The first-order chi connectivity index (χ1) is 11.2. The molecule has 6 heteroatoms. The number of fused-ring (bicyclic) bond motifs is 2. The van der Waals surface area contributed by atoms with Crippen LogP contribution in [0.1, 0.15) is 12.0 Å². The minimum Gasteiger partial charge on any atom is -0.387 e. The normalized spacial score (nSPS) is 25.6. The number of carbonyl (C=O) groups excluding carboxylic acids is 2. The SMILES string of the molecule is O=C(Nc1ccc2c(c1)NCC2)C1=CNC2CCNCC2C1=O. The molecule has 4 N–H and O–H groups in total. The van der Waals surface area contributed by atoms with Gasteiger partial charge in [-0.05, 0) is 37.1 Å². The number of Topliss-reactive ketones (excluding diaryl/α,β-unsaturated/α-hetero) is 1. The van der Waals surface area contributed by atoms with E-state index >= 15 is 0 Å². The summed E-state index contributed by atoms with van der Waals surface area (Å²) in [7, 11) is 0. The predicted molar refractivity (Wildman–Crippen MR) is 88.3 cm³/mol. The lowest BCUT2D eigenvalue weighted by molar-refractivity contribution is -0.124. The van der Waals surface area contributed by atoms with Crippen molar-refractivity contribution in [2.75, 3.05) is 30.3 Å². The molecule has 0 saturated carbocycles. The van der Waals surface area contributed by atoms with Gasteiger partial charge in [0.25, 0.3) is 5.91 Å². The number of anilines is 2. The number of piperidine rings is 1. The number of ketones is 1. The number of hydrogen-bond donors (Lipinski definition) is 4. The highest BCUT2D eigenvalue weighted by molar-refractivity contribution is 6.24. The van der Waals surface area contributed by atoms with E-state index in [4.69, 9.17) is 0 Å². The van der Waals surface area contributed by atoms with Gasteiger partial charge in [0, 0.05) is 36.7 Å². The van der Waals surface area contributed by atoms with Gasteiger partial charge in [0.1, 0.15) is 0 Å². The Balaban J connectivity index is 1.50. The molecule has 2 atom stereocenters. The van der Waals surface area contributed by atoms with E-state index in [1.54, 1.807) is 6.20 Å². The molecular formula is C17H20N4O2. The van der Waals surface area contributed by atoms with Crippen LogP contribution in [0.5, 0.6) is 0 Å². The summed E-state index contributed by atoms with van der Waals surface area (Å²) in [6.07, 6.45) is 3.49. The van der Waals surface area contributed by atoms with E-state index in [0.29, 0.717) is 12.2 Å². The molecule has 4 rings (SSSR count). The zero-order chi connectivity index (χ0) is 15.8. The van der Waals surface area contributed by atoms with Crippen molar-refractivity contribution in [1.29, 1.82) is 0 Å². The summed E-state index contributed by atoms with van der Waals surface area (Å²) >= 11 is 0. The van der Waals surface area contributed by atoms with E-state index in [1.807, 2.05) is 18.2 Å². The van der Waals surface area contributed by atoms with Crippen LogP contribution < -0.4 is 21.3 Å². The van der Waals surface area contributed by atoms with Crippen molar-refractivity contribution < 1.29 is 9.59 Å². The molecule has 0 radical (unpaired) electrons. The number of hydrogen-bond acceptors (Lipinski definition) is 5. The number of rotatable bonds is 2. The first-order valence-electron chi connectivity index (χ1n) is 8.12. The molecule has 3 aliphatic rings. The van der Waals surface area contributed by atoms with Gasteiger partial charge in [-0.3, -0.25) is 9.59 Å². The zero-order valence-corrected chi connectivity index (χ0v) is 12.8. The Labute approximate surface area is 134 Å². The highest BCUT2D eigenvalue weighted by Gasteiger charge is 2.37. The molecule has 6 nitrogen and oxygen atoms in total. The van der Waals surface area contributed by atoms with Gasteiger partial charge in [0.05, 0.1) is 11.5 Å². The van der Waals surface area contributed by atoms with Gasteiger partial charge >= 0.3 is 0 Å². The van der Waals surface area contributed by atoms with Gasteiger partial charge in [-0.25, -0.2) is 0 Å². The Bertz CT molecular complexity index is 698. The Morgan fingerprint density at radius 3 is 3.09 bits per heavy atom. The monoisotopic (exact) mass is 312 g/mol. The molecule has 1 saturated heterocycles. The van der Waals surface area contributed by atoms with E-state index in [1.165, 1.54) is 5.56 Å². The maximum Gasteiger partial charge on any atom is 0.260 e. The lowest BCUT2D eigenvalue weighted by Gasteiger charge is -2.34. The summed E-state index contributed by atoms with van der Waals surface area (Å²) in [5, 5.41) is 12.6. The first-order valence-corrected chi connectivity index (χ1v) is 8.12. The third kappa shape index (κ3) is 2.59. The molecular weight excluding hydrogens is 292 g/mol. The van der Waals surface area contributed by atoms with Gasteiger partial charge < -0.3 is 21.3 Å². The van der Waals surface area contributed by atoms with Crippen LogP contribution in [-0.2, 0) is 16.0 Å². The van der Waals surface area contributed by atoms with Gasteiger partial charge in [0.2, 0.25) is 0 Å². The van der Waals surface area contributed by atoms with Crippen molar-refractivity contribution in [3.8, 4) is 0 Å². The molecule has 2 unspecified atom stereocenters. The van der Waals surface area contributed by atoms with Gasteiger partial charge in [-0.1, -0.05) is 6.07 Å². The largest absolute Gasteiger partial charge is 0.387 e. The van der Waals surface area contributed by atoms with Crippen LogP contribution in [0, 0.1) is 5.92 Å². The molecule has 120 valence electrons. The highest BCUT2D eigenvalue weighted by Crippen LogP contribution is 2.27. The topological polar surface area (TPSA) is 82.3 Å². The second kappa shape index (κ2) is 5.70. The molecule has 3 aliphatic heterocycles. The molecule has 0 bridgehead atoms. The molecule has 0 aromatic heterocycles. The molecule has 3 heterocycles. The van der Waals surface area contributed by atoms with Crippen LogP contribution in [0.2, 0.25) is 0 Å². The average molecular weight is 312 g/mol. The third-order valence-corrected chi connectivity index (χ3v) is 4.85. The van der Waals surface area contributed by atoms with E-state index in [-0.39, 0.29) is 29.2 Å². The van der Waals surface area contributed by atoms with Crippen molar-refractivity contribution in [3.05, 3.63) is 35.5 Å². The van der Waals surface area contributed by atoms with Crippen LogP contribution in [-0.4, -0.2) is 37.4 Å². The van der Waals surface area contributed by atoms with E-state index in [0.717, 1.165) is 31.6 Å². The van der Waals surface area contributed by atoms with Crippen molar-refractivity contribution in [2.45, 2.75) is 18.9 Å². The molecule has 1 aromatic carbocycles. The molecule has 1 fully saturated rings. The van der Waals surface area contributed by atoms with Crippen LogP contribution in [0.25, 0.3) is 0 Å². The lowest BCUT2D eigenvalue weighted by Crippen LogP contribution is -2.53. The van der Waals surface area contributed by atoms with Crippen LogP contribution >= 0.6 is 0 Å². The van der Waals surface area contributed by atoms with E-state index in [9.17, 15) is 9.59 Å². The second-order valence-electron chi connectivity index (χ2n) is 6.30. The van der Waals surface area contributed by atoms with Gasteiger partial charge in [0.15, 0.2) is 5.78 Å².